The van der Waals surface area contributed by atoms with Crippen LogP contribution in [0.4, 0.5) is 32.1 Å². The largest absolute Gasteiger partial charge is 0.436 e. The van der Waals surface area contributed by atoms with Crippen molar-refractivity contribution in [3.63, 3.8) is 0 Å². The third kappa shape index (κ3) is 20.4. The van der Waals surface area contributed by atoms with E-state index in [1.807, 2.05) is 152 Å². The Morgan fingerprint density at radius 2 is 0.935 bits per heavy atom. The molecule has 4 aliphatic heterocycles. The van der Waals surface area contributed by atoms with Gasteiger partial charge < -0.3 is 28.2 Å². The van der Waals surface area contributed by atoms with E-state index in [2.05, 4.69) is 107 Å². The van der Waals surface area contributed by atoms with Crippen molar-refractivity contribution in [1.82, 2.24) is 57.7 Å². The number of pyridine rings is 3. The Morgan fingerprint density at radius 1 is 0.512 bits per heavy atom. The van der Waals surface area contributed by atoms with Crippen molar-refractivity contribution in [3.8, 4) is 34.6 Å². The molecule has 1 amide bonds. The number of hydrogen-bond donors (Lipinski definition) is 0. The third-order valence-electron chi connectivity index (χ3n) is 23.5. The second-order valence-corrected chi connectivity index (χ2v) is 34.3. The first-order chi connectivity index (χ1) is 59.2. The Hall–Kier alpha value is -12.0. The maximum absolute atomic E-state index is 13.5. The van der Waals surface area contributed by atoms with Crippen LogP contribution >= 0.6 is 27.5 Å². The maximum atomic E-state index is 13.5. The Bertz CT molecular complexity index is 6110. The molecule has 4 aliphatic rings. The SMILES string of the molecule is CN(C)c1c(C(=O)CN2CCCCC2)c2ccccc2n1-c1ccc(Cl)cc1.[C-]#[N+]c1ccc(-n2c(C)c(C(=O)CN3CCC(F)CC3)c3ncc(C)cc32)cc1.[C-]#[N+]c1ccc(-n2c(C)c(C(=O)CN3CCCCC3(C)C)c3ncc(Br)cc32)cc1.[C-]#[N+]c1ccc(-n2c(C)c(C(=O)CN3CCCCC3)c3ncc(C#CCOC(=O)N(C)C)cc32)cc1. The molecular formula is C98H103BrClFN16O6. The lowest BCUT2D eigenvalue weighted by molar-refractivity contribution is 0.0622. The van der Waals surface area contributed by atoms with Gasteiger partial charge in [0.1, 0.15) is 12.0 Å². The van der Waals surface area contributed by atoms with Crippen molar-refractivity contribution < 1.29 is 33.1 Å². The smallest absolute Gasteiger partial charge is 0.410 e. The van der Waals surface area contributed by atoms with E-state index in [9.17, 15) is 28.4 Å². The van der Waals surface area contributed by atoms with Crippen molar-refractivity contribution in [3.05, 3.63) is 252 Å². The fourth-order valence-electron chi connectivity index (χ4n) is 17.2. The average Bonchev–Trinajstić information content (AvgIpc) is 2.34. The number of benzene rings is 5. The number of carbonyl (C=O) groups excluding carboxylic acids is 5. The number of alkyl halides is 1. The topological polar surface area (TPSA) is 185 Å². The minimum Gasteiger partial charge on any atom is -0.436 e. The molecule has 11 heterocycles. The number of amides is 1. The number of likely N-dealkylation sites (tertiary alicyclic amines) is 4. The van der Waals surface area contributed by atoms with Crippen LogP contribution in [0.25, 0.3) is 81.3 Å². The zero-order chi connectivity index (χ0) is 87.3. The van der Waals surface area contributed by atoms with E-state index in [1.165, 1.54) is 37.0 Å². The first-order valence-corrected chi connectivity index (χ1v) is 43.1. The lowest BCUT2D eigenvalue weighted by Gasteiger charge is -2.42. The first kappa shape index (κ1) is 88.8. The lowest BCUT2D eigenvalue weighted by atomic mass is 9.90. The number of halogens is 3. The van der Waals surface area contributed by atoms with Crippen LogP contribution < -0.4 is 4.90 Å². The van der Waals surface area contributed by atoms with E-state index in [1.54, 1.807) is 69.1 Å². The van der Waals surface area contributed by atoms with Crippen molar-refractivity contribution in [2.24, 2.45) is 0 Å². The first-order valence-electron chi connectivity index (χ1n) is 41.9. The highest BCUT2D eigenvalue weighted by Crippen LogP contribution is 2.39. The molecule has 0 unspecified atom stereocenters. The number of aryl methyl sites for hydroxylation is 1. The molecule has 7 aromatic heterocycles. The molecule has 4 fully saturated rings. The summed E-state index contributed by atoms with van der Waals surface area (Å²) >= 11 is 9.62. The Morgan fingerprint density at radius 3 is 1.41 bits per heavy atom. The normalized spacial score (nSPS) is 15.1. The molecule has 0 aliphatic carbocycles. The third-order valence-corrected chi connectivity index (χ3v) is 24.1. The van der Waals surface area contributed by atoms with Crippen LogP contribution in [0.5, 0.6) is 0 Å². The number of piperidine rings is 4. The number of ketones is 4. The number of aromatic nitrogens is 7. The van der Waals surface area contributed by atoms with Gasteiger partial charge in [-0.05, 0) is 232 Å². The van der Waals surface area contributed by atoms with Crippen LogP contribution in [0.15, 0.2) is 163 Å². The molecule has 0 saturated carbocycles. The second-order valence-electron chi connectivity index (χ2n) is 32.9. The molecule has 632 valence electrons. The minimum absolute atomic E-state index is 0.0117. The summed E-state index contributed by atoms with van der Waals surface area (Å²) in [5.41, 5.74) is 17.9. The van der Waals surface area contributed by atoms with Crippen LogP contribution in [-0.4, -0.2) is 205 Å². The molecule has 22 nitrogen and oxygen atoms in total. The molecule has 16 rings (SSSR count). The van der Waals surface area contributed by atoms with Gasteiger partial charge in [-0.2, -0.15) is 0 Å². The zero-order valence-electron chi connectivity index (χ0n) is 71.6. The number of anilines is 1. The van der Waals surface area contributed by atoms with E-state index >= 15 is 0 Å². The van der Waals surface area contributed by atoms with Crippen molar-refractivity contribution >= 4 is 124 Å². The minimum atomic E-state index is -0.756. The number of ether oxygens (including phenoxy) is 1. The molecule has 123 heavy (non-hydrogen) atoms. The Kier molecular flexibility index (Phi) is 28.8. The van der Waals surface area contributed by atoms with Gasteiger partial charge in [-0.15, -0.1) is 0 Å². The highest BCUT2D eigenvalue weighted by atomic mass is 79.9. The fraction of sp³-hybridized carbons (Fsp3) is 0.357. The second kappa shape index (κ2) is 39.9. The molecule has 4 saturated heterocycles. The highest BCUT2D eigenvalue weighted by molar-refractivity contribution is 9.10. The van der Waals surface area contributed by atoms with E-state index in [0.717, 1.165) is 153 Å². The molecule has 0 radical (unpaired) electrons. The number of nitrogens with zero attached hydrogens (tertiary/aromatic N) is 16. The van der Waals surface area contributed by atoms with Crippen LogP contribution in [0.1, 0.15) is 154 Å². The van der Waals surface area contributed by atoms with Crippen LogP contribution in [0.3, 0.4) is 0 Å². The van der Waals surface area contributed by atoms with Gasteiger partial charge in [-0.1, -0.05) is 97.3 Å². The van der Waals surface area contributed by atoms with Gasteiger partial charge in [0.15, 0.2) is 46.8 Å². The number of rotatable bonds is 18. The number of Topliss-reactive ketones (excluding diaryl/α,β-unsaturated/α-hetero) is 4. The van der Waals surface area contributed by atoms with E-state index in [4.69, 9.17) is 36.1 Å². The molecule has 5 aromatic carbocycles. The van der Waals surface area contributed by atoms with Gasteiger partial charge in [0.25, 0.3) is 0 Å². The molecule has 12 aromatic rings. The van der Waals surface area contributed by atoms with Gasteiger partial charge >= 0.3 is 6.09 Å². The number of para-hydroxylation sites is 1. The monoisotopic (exact) mass is 1730 g/mol. The van der Waals surface area contributed by atoms with Crippen molar-refractivity contribution in [2.75, 3.05) is 112 Å². The van der Waals surface area contributed by atoms with Gasteiger partial charge in [0.2, 0.25) is 0 Å². The summed E-state index contributed by atoms with van der Waals surface area (Å²) in [6.45, 7) is 41.4. The number of fused-ring (bicyclic) bond motifs is 4. The summed E-state index contributed by atoms with van der Waals surface area (Å²) in [6, 6.07) is 43.9. The molecule has 0 N–H and O–H groups in total. The van der Waals surface area contributed by atoms with Gasteiger partial charge in [0.05, 0.1) is 107 Å². The van der Waals surface area contributed by atoms with Crippen molar-refractivity contribution in [2.45, 2.75) is 124 Å². The Labute approximate surface area is 732 Å². The zero-order valence-corrected chi connectivity index (χ0v) is 73.9. The molecule has 0 atom stereocenters. The summed E-state index contributed by atoms with van der Waals surface area (Å²) in [5.74, 6) is 7.13. The Balaban J connectivity index is 0.000000142. The standard InChI is InChI=1S/C28H29N5O3.C24H25BrN4O.C23H26ClN3O.C23H23FN4O/c1-20-26(25(34)19-32-14-6-5-7-15-32)27-24(33(20)23-12-10-22(29-2)11-13-23)17-21(18-30-27)9-8-16-36-28(35)31(3)4;1-16-22(21(30)15-28-12-6-5-11-24(28,2)3)23-20(13-17(25)14-27-23)29(16)19-9-7-18(26-4)8-10-19;1-25(2)23-22(21(28)16-26-14-6-3-7-15-26)19-8-4-5-9-20(19)27(23)18-12-10-17(24)11-13-18;1-15-12-20-23(26-13-15)22(21(29)14-27-10-8-17(24)9-11-27)16(2)28(20)19-6-4-18(25-3)5-7-19/h10-13,17-18H,5-7,14-16,19H2,1,3-4H3;7-10,13-14H,5-6,11-12,15H2,1-3H3;4-5,8-13H,3,6-7,14-16H2,1-2H3;4-7,12-13,17H,8-11,14H2,1-2H3. The molecular weight excluding hydrogens is 1630 g/mol. The highest BCUT2D eigenvalue weighted by Gasteiger charge is 2.35. The fourth-order valence-corrected chi connectivity index (χ4v) is 17.6. The van der Waals surface area contributed by atoms with Crippen LogP contribution in [0, 0.1) is 59.3 Å². The molecule has 0 bridgehead atoms. The predicted octanol–water partition coefficient (Wildman–Crippen LogP) is 20.5. The summed E-state index contributed by atoms with van der Waals surface area (Å²) < 4.78 is 27.6. The summed E-state index contributed by atoms with van der Waals surface area (Å²) in [5, 5.41) is 1.70. The van der Waals surface area contributed by atoms with Crippen LogP contribution in [-0.2, 0) is 4.74 Å². The summed E-state index contributed by atoms with van der Waals surface area (Å²) in [4.78, 5) is 102. The van der Waals surface area contributed by atoms with E-state index in [0.29, 0.717) is 101 Å². The quantitative estimate of drug-likeness (QED) is 0.0449. The van der Waals surface area contributed by atoms with Gasteiger partial charge in [-0.25, -0.2) is 23.7 Å². The lowest BCUT2D eigenvalue weighted by Crippen LogP contribution is -2.49. The average molecular weight is 1740 g/mol. The number of carbonyl (C=O) groups is 5. The maximum Gasteiger partial charge on any atom is 0.410 e. The summed E-state index contributed by atoms with van der Waals surface area (Å²) in [7, 11) is 7.22. The van der Waals surface area contributed by atoms with Gasteiger partial charge in [-0.3, -0.25) is 58.3 Å². The van der Waals surface area contributed by atoms with Crippen LogP contribution in [0.2, 0.25) is 5.02 Å². The van der Waals surface area contributed by atoms with E-state index in [-0.39, 0.29) is 41.8 Å². The summed E-state index contributed by atoms with van der Waals surface area (Å²) in [6.07, 6.45) is 15.5. The number of hydrogen-bond acceptors (Lipinski definition) is 14. The van der Waals surface area contributed by atoms with Crippen molar-refractivity contribution in [1.29, 1.82) is 0 Å². The van der Waals surface area contributed by atoms with Gasteiger partial charge in [0, 0.05) is 126 Å². The molecule has 0 spiro atoms. The van der Waals surface area contributed by atoms with E-state index < -0.39 is 12.3 Å². The molecule has 25 heteroatoms. The predicted molar refractivity (Wildman–Crippen MR) is 491 cm³/mol.